The van der Waals surface area contributed by atoms with Crippen molar-refractivity contribution < 1.29 is 0 Å². The van der Waals surface area contributed by atoms with Crippen LogP contribution in [-0.4, -0.2) is 18.3 Å². The van der Waals surface area contributed by atoms with Crippen molar-refractivity contribution in [1.29, 1.82) is 0 Å². The zero-order chi connectivity index (χ0) is 9.80. The number of hydrogen-bond acceptors (Lipinski definition) is 2. The van der Waals surface area contributed by atoms with E-state index in [1.165, 1.54) is 28.8 Å². The van der Waals surface area contributed by atoms with E-state index < -0.39 is 0 Å². The molecule has 3 heteroatoms. The molecule has 1 saturated heterocycles. The van der Waals surface area contributed by atoms with E-state index in [1.807, 2.05) is 11.8 Å². The van der Waals surface area contributed by atoms with Gasteiger partial charge in [-0.25, -0.2) is 0 Å². The third kappa shape index (κ3) is 3.01. The molecule has 1 heterocycles. The normalized spacial score (nSPS) is 20.5. The Bertz CT molecular complexity index is 299. The van der Waals surface area contributed by atoms with Crippen LogP contribution in [0.4, 0.5) is 0 Å². The predicted octanol–water partition coefficient (Wildman–Crippen LogP) is 3.04. The molecule has 1 fully saturated rings. The Morgan fingerprint density at radius 3 is 3.00 bits per heavy atom. The van der Waals surface area contributed by atoms with Crippen LogP contribution in [0, 0.1) is 0 Å². The number of thioether (sulfide) groups is 1. The van der Waals surface area contributed by atoms with Gasteiger partial charge in [-0.1, -0.05) is 28.1 Å². The van der Waals surface area contributed by atoms with Crippen LogP contribution in [0.2, 0.25) is 0 Å². The second-order valence-electron chi connectivity index (χ2n) is 3.58. The fourth-order valence-corrected chi connectivity index (χ4v) is 2.99. The van der Waals surface area contributed by atoms with Crippen molar-refractivity contribution in [2.45, 2.75) is 18.2 Å². The van der Waals surface area contributed by atoms with Gasteiger partial charge in [-0.3, -0.25) is 0 Å². The lowest BCUT2D eigenvalue weighted by molar-refractivity contribution is 0.405. The minimum Gasteiger partial charge on any atom is -0.313 e. The molecule has 0 amide bonds. The first-order valence-corrected chi connectivity index (χ1v) is 6.85. The van der Waals surface area contributed by atoms with Gasteiger partial charge in [-0.2, -0.15) is 11.8 Å². The summed E-state index contributed by atoms with van der Waals surface area (Å²) < 4.78 is 1.18. The molecule has 0 spiro atoms. The highest BCUT2D eigenvalue weighted by atomic mass is 79.9. The average Bonchev–Trinajstić information content (AvgIpc) is 2.09. The molecule has 76 valence electrons. The van der Waals surface area contributed by atoms with Crippen LogP contribution in [0.5, 0.6) is 0 Å². The minimum atomic E-state index is 0.771. The maximum Gasteiger partial charge on any atom is 0.0185 e. The smallest absolute Gasteiger partial charge is 0.0185 e. The van der Waals surface area contributed by atoms with Crippen LogP contribution in [0.25, 0.3) is 0 Å². The Kier molecular flexibility index (Phi) is 3.90. The van der Waals surface area contributed by atoms with E-state index in [-0.39, 0.29) is 0 Å². The average molecular weight is 272 g/mol. The lowest BCUT2D eigenvalue weighted by Gasteiger charge is -2.27. The Morgan fingerprint density at radius 1 is 1.50 bits per heavy atom. The van der Waals surface area contributed by atoms with E-state index in [0.29, 0.717) is 0 Å². The van der Waals surface area contributed by atoms with Gasteiger partial charge in [-0.05, 0) is 30.7 Å². The van der Waals surface area contributed by atoms with E-state index in [2.05, 4.69) is 45.5 Å². The molecule has 1 unspecified atom stereocenters. The Morgan fingerprint density at radius 2 is 2.36 bits per heavy atom. The molecule has 1 atom stereocenters. The molecule has 1 N–H and O–H groups in total. The summed E-state index contributed by atoms with van der Waals surface area (Å²) in [7, 11) is 0. The van der Waals surface area contributed by atoms with E-state index in [1.54, 1.807) is 0 Å². The van der Waals surface area contributed by atoms with Crippen LogP contribution in [0.1, 0.15) is 12.0 Å². The van der Waals surface area contributed by atoms with Gasteiger partial charge in [0.2, 0.25) is 0 Å². The Hall–Kier alpha value is 0.01000. The van der Waals surface area contributed by atoms with Gasteiger partial charge >= 0.3 is 0 Å². The highest BCUT2D eigenvalue weighted by Crippen LogP contribution is 2.19. The van der Waals surface area contributed by atoms with Crippen molar-refractivity contribution in [3.05, 3.63) is 34.3 Å². The monoisotopic (exact) mass is 271 g/mol. The van der Waals surface area contributed by atoms with Crippen LogP contribution in [0.3, 0.4) is 0 Å². The molecule has 0 bridgehead atoms. The van der Waals surface area contributed by atoms with Crippen molar-refractivity contribution in [3.63, 3.8) is 0 Å². The molecular weight excluding hydrogens is 258 g/mol. The van der Waals surface area contributed by atoms with E-state index in [0.717, 1.165) is 11.8 Å². The van der Waals surface area contributed by atoms with Crippen molar-refractivity contribution in [1.82, 2.24) is 5.32 Å². The van der Waals surface area contributed by atoms with Crippen LogP contribution in [0.15, 0.2) is 28.7 Å². The second-order valence-corrected chi connectivity index (χ2v) is 5.53. The first kappa shape index (κ1) is 10.5. The number of nitrogens with one attached hydrogen (secondary N) is 1. The van der Waals surface area contributed by atoms with Gasteiger partial charge in [0.05, 0.1) is 0 Å². The molecule has 0 saturated carbocycles. The molecule has 0 aliphatic carbocycles. The molecule has 14 heavy (non-hydrogen) atoms. The van der Waals surface area contributed by atoms with Crippen molar-refractivity contribution in [2.75, 3.05) is 12.3 Å². The van der Waals surface area contributed by atoms with E-state index >= 15 is 0 Å². The third-order valence-electron chi connectivity index (χ3n) is 2.40. The summed E-state index contributed by atoms with van der Waals surface area (Å²) in [6.07, 6.45) is 1.35. The van der Waals surface area contributed by atoms with Gasteiger partial charge in [0.15, 0.2) is 0 Å². The van der Waals surface area contributed by atoms with Crippen LogP contribution in [-0.2, 0) is 5.75 Å². The molecule has 1 aliphatic rings. The second kappa shape index (κ2) is 5.19. The largest absolute Gasteiger partial charge is 0.313 e. The maximum atomic E-state index is 3.49. The molecule has 1 aromatic carbocycles. The van der Waals surface area contributed by atoms with Gasteiger partial charge in [0.25, 0.3) is 0 Å². The molecule has 0 radical (unpaired) electrons. The summed E-state index contributed by atoms with van der Waals surface area (Å²) >= 11 is 5.50. The fraction of sp³-hybridized carbons (Fsp3) is 0.455. The van der Waals surface area contributed by atoms with Gasteiger partial charge in [0, 0.05) is 22.0 Å². The van der Waals surface area contributed by atoms with Gasteiger partial charge in [0.1, 0.15) is 0 Å². The molecular formula is C11H14BrNS. The van der Waals surface area contributed by atoms with Crippen LogP contribution < -0.4 is 5.32 Å². The van der Waals surface area contributed by atoms with Crippen molar-refractivity contribution >= 4 is 27.7 Å². The first-order valence-electron chi connectivity index (χ1n) is 4.90. The summed E-state index contributed by atoms with van der Waals surface area (Å²) in [5.41, 5.74) is 1.41. The minimum absolute atomic E-state index is 0.771. The first-order chi connectivity index (χ1) is 6.84. The van der Waals surface area contributed by atoms with Crippen molar-refractivity contribution in [3.8, 4) is 0 Å². The summed E-state index contributed by atoms with van der Waals surface area (Å²) in [5, 5.41) is 3.41. The number of rotatable bonds is 4. The SMILES string of the molecule is Brc1cccc(CSCC2CCN2)c1. The van der Waals surface area contributed by atoms with Crippen molar-refractivity contribution in [2.24, 2.45) is 0 Å². The van der Waals surface area contributed by atoms with Gasteiger partial charge < -0.3 is 5.32 Å². The van der Waals surface area contributed by atoms with Crippen LogP contribution >= 0.6 is 27.7 Å². The number of benzene rings is 1. The Labute approximate surface area is 97.8 Å². The topological polar surface area (TPSA) is 12.0 Å². The standard InChI is InChI=1S/C11H14BrNS/c12-10-3-1-2-9(6-10)7-14-8-11-4-5-13-11/h1-3,6,11,13H,4-5,7-8H2. The molecule has 0 aromatic heterocycles. The molecule has 2 rings (SSSR count). The van der Waals surface area contributed by atoms with E-state index in [9.17, 15) is 0 Å². The highest BCUT2D eigenvalue weighted by Gasteiger charge is 2.15. The summed E-state index contributed by atoms with van der Waals surface area (Å²) in [5.74, 6) is 2.37. The summed E-state index contributed by atoms with van der Waals surface area (Å²) in [6, 6.07) is 9.32. The lowest BCUT2D eigenvalue weighted by atomic mass is 10.1. The number of hydrogen-bond donors (Lipinski definition) is 1. The highest BCUT2D eigenvalue weighted by molar-refractivity contribution is 9.10. The third-order valence-corrected chi connectivity index (χ3v) is 4.07. The quantitative estimate of drug-likeness (QED) is 0.904. The lowest BCUT2D eigenvalue weighted by Crippen LogP contribution is -2.44. The zero-order valence-corrected chi connectivity index (χ0v) is 10.4. The summed E-state index contributed by atoms with van der Waals surface area (Å²) in [6.45, 7) is 1.21. The molecule has 1 aromatic rings. The fourth-order valence-electron chi connectivity index (χ4n) is 1.44. The van der Waals surface area contributed by atoms with E-state index in [4.69, 9.17) is 0 Å². The Balaban J connectivity index is 1.74. The summed E-state index contributed by atoms with van der Waals surface area (Å²) in [4.78, 5) is 0. The zero-order valence-electron chi connectivity index (χ0n) is 8.00. The predicted molar refractivity (Wildman–Crippen MR) is 66.7 cm³/mol. The maximum absolute atomic E-state index is 3.49. The molecule has 1 aliphatic heterocycles. The molecule has 1 nitrogen and oxygen atoms in total. The van der Waals surface area contributed by atoms with Gasteiger partial charge in [-0.15, -0.1) is 0 Å². The number of halogens is 1.